The summed E-state index contributed by atoms with van der Waals surface area (Å²) in [5.74, 6) is 0. The zero-order valence-electron chi connectivity index (χ0n) is 13.3. The van der Waals surface area contributed by atoms with E-state index in [4.69, 9.17) is 0 Å². The second kappa shape index (κ2) is 5.53. The number of benzene rings is 1. The molecule has 0 amide bonds. The Hall–Kier alpha value is -1.46. The highest BCUT2D eigenvalue weighted by atomic mass is 32.1. The average molecular weight is 383 g/mol. The number of aryl methyl sites for hydroxylation is 2. The monoisotopic (exact) mass is 382 g/mol. The van der Waals surface area contributed by atoms with Gasteiger partial charge in [-0.05, 0) is 72.1 Å². The van der Waals surface area contributed by atoms with E-state index in [1.807, 2.05) is 45.3 Å². The van der Waals surface area contributed by atoms with E-state index in [0.29, 0.717) is 0 Å². The van der Waals surface area contributed by atoms with Gasteiger partial charge in [-0.3, -0.25) is 0 Å². The van der Waals surface area contributed by atoms with Crippen LogP contribution < -0.4 is 0 Å². The first kappa shape index (κ1) is 14.8. The lowest BCUT2D eigenvalue weighted by Crippen LogP contribution is -1.68. The van der Waals surface area contributed by atoms with Gasteiger partial charge in [0, 0.05) is 39.7 Å². The van der Waals surface area contributed by atoms with Gasteiger partial charge in [-0.2, -0.15) is 0 Å². The second-order valence-corrected chi connectivity index (χ2v) is 9.98. The summed E-state index contributed by atoms with van der Waals surface area (Å²) in [5.41, 5.74) is 2.76. The van der Waals surface area contributed by atoms with Crippen LogP contribution in [0.25, 0.3) is 39.7 Å². The molecule has 0 nitrogen and oxygen atoms in total. The summed E-state index contributed by atoms with van der Waals surface area (Å²) in [4.78, 5) is 5.61. The topological polar surface area (TPSA) is 0 Å². The fourth-order valence-corrected chi connectivity index (χ4v) is 7.48. The molecule has 5 aromatic rings. The molecule has 0 radical (unpaired) electrons. The number of hydrogen-bond donors (Lipinski definition) is 0. The van der Waals surface area contributed by atoms with Crippen LogP contribution in [0.15, 0.2) is 47.2 Å². The maximum atomic E-state index is 2.39. The Labute approximate surface area is 156 Å². The summed E-state index contributed by atoms with van der Waals surface area (Å²) in [6.45, 7) is 4.40. The van der Waals surface area contributed by atoms with Crippen LogP contribution in [0.5, 0.6) is 0 Å². The van der Waals surface area contributed by atoms with Crippen molar-refractivity contribution in [3.05, 3.63) is 58.3 Å². The van der Waals surface area contributed by atoms with E-state index >= 15 is 0 Å². The summed E-state index contributed by atoms with van der Waals surface area (Å²) < 4.78 is 2.77. The van der Waals surface area contributed by atoms with Crippen LogP contribution in [0.3, 0.4) is 0 Å². The maximum Gasteiger partial charge on any atom is 0.0472 e. The molecule has 4 heterocycles. The molecular formula is C20H14S4. The summed E-state index contributed by atoms with van der Waals surface area (Å²) in [6.07, 6.45) is 0. The van der Waals surface area contributed by atoms with Crippen molar-refractivity contribution >= 4 is 65.5 Å². The van der Waals surface area contributed by atoms with Crippen molar-refractivity contribution < 1.29 is 0 Å². The van der Waals surface area contributed by atoms with Crippen LogP contribution in [-0.2, 0) is 0 Å². The Balaban J connectivity index is 1.75. The Kier molecular flexibility index (Phi) is 3.42. The summed E-state index contributed by atoms with van der Waals surface area (Å²) in [7, 11) is 0. The van der Waals surface area contributed by atoms with Gasteiger partial charge in [-0.25, -0.2) is 0 Å². The van der Waals surface area contributed by atoms with Gasteiger partial charge in [0.25, 0.3) is 0 Å². The lowest BCUT2D eigenvalue weighted by molar-refractivity contribution is 1.56. The van der Waals surface area contributed by atoms with Gasteiger partial charge in [0.15, 0.2) is 0 Å². The number of rotatable bonds is 2. The van der Waals surface area contributed by atoms with E-state index < -0.39 is 0 Å². The van der Waals surface area contributed by atoms with Gasteiger partial charge < -0.3 is 0 Å². The average Bonchev–Trinajstić information content (AvgIpc) is 3.29. The van der Waals surface area contributed by atoms with Gasteiger partial charge in [-0.1, -0.05) is 0 Å². The molecule has 0 aliphatic heterocycles. The van der Waals surface area contributed by atoms with Crippen LogP contribution in [-0.4, -0.2) is 0 Å². The zero-order valence-corrected chi connectivity index (χ0v) is 16.5. The number of hydrogen-bond acceptors (Lipinski definition) is 4. The first-order chi connectivity index (χ1) is 11.7. The van der Waals surface area contributed by atoms with Crippen molar-refractivity contribution in [3.63, 3.8) is 0 Å². The molecule has 0 unspecified atom stereocenters. The molecule has 0 fully saturated rings. The first-order valence-electron chi connectivity index (χ1n) is 7.76. The molecule has 0 atom stereocenters. The normalized spacial score (nSPS) is 11.8. The smallest absolute Gasteiger partial charge is 0.0472 e. The zero-order chi connectivity index (χ0) is 16.3. The Morgan fingerprint density at radius 2 is 1.08 bits per heavy atom. The Bertz CT molecular complexity index is 1090. The molecule has 0 N–H and O–H groups in total. The van der Waals surface area contributed by atoms with E-state index in [0.717, 1.165) is 0 Å². The van der Waals surface area contributed by atoms with Crippen molar-refractivity contribution in [2.75, 3.05) is 0 Å². The van der Waals surface area contributed by atoms with Gasteiger partial charge in [0.1, 0.15) is 0 Å². The third kappa shape index (κ3) is 2.21. The standard InChI is InChI=1S/C20H14S4/c1-11-5-7-21-19(11)17-9-13-14-10-18(20-12(2)6-8-22-20)24-16(14)4-3-15(13)23-17/h3-10H,1-2H3. The molecule has 118 valence electrons. The van der Waals surface area contributed by atoms with E-state index in [1.54, 1.807) is 0 Å². The number of thiophene rings is 4. The molecule has 24 heavy (non-hydrogen) atoms. The lowest BCUT2D eigenvalue weighted by atomic mass is 10.1. The highest BCUT2D eigenvalue weighted by Gasteiger charge is 2.14. The van der Waals surface area contributed by atoms with Crippen molar-refractivity contribution in [2.45, 2.75) is 13.8 Å². The van der Waals surface area contributed by atoms with E-state index in [1.165, 1.54) is 50.8 Å². The van der Waals surface area contributed by atoms with E-state index in [-0.39, 0.29) is 0 Å². The summed E-state index contributed by atoms with van der Waals surface area (Å²) in [5, 5.41) is 7.17. The molecule has 5 rings (SSSR count). The van der Waals surface area contributed by atoms with Crippen LogP contribution in [0.1, 0.15) is 11.1 Å². The highest BCUT2D eigenvalue weighted by molar-refractivity contribution is 7.27. The van der Waals surface area contributed by atoms with Crippen LogP contribution in [0, 0.1) is 13.8 Å². The minimum absolute atomic E-state index is 1.38. The molecular weight excluding hydrogens is 368 g/mol. The summed E-state index contributed by atoms with van der Waals surface area (Å²) in [6, 6.07) is 13.8. The molecule has 0 saturated carbocycles. The molecule has 0 aliphatic carbocycles. The van der Waals surface area contributed by atoms with E-state index in [9.17, 15) is 0 Å². The predicted molar refractivity (Wildman–Crippen MR) is 113 cm³/mol. The second-order valence-electron chi connectivity index (χ2n) is 5.98. The minimum atomic E-state index is 1.38. The number of fused-ring (bicyclic) bond motifs is 3. The molecule has 0 spiro atoms. The van der Waals surface area contributed by atoms with Crippen LogP contribution in [0.2, 0.25) is 0 Å². The molecule has 0 saturated heterocycles. The lowest BCUT2D eigenvalue weighted by Gasteiger charge is -1.92. The third-order valence-corrected chi connectivity index (χ3v) is 8.96. The summed E-state index contributed by atoms with van der Waals surface area (Å²) >= 11 is 7.51. The maximum absolute atomic E-state index is 2.39. The Morgan fingerprint density at radius 1 is 0.625 bits per heavy atom. The van der Waals surface area contributed by atoms with Gasteiger partial charge >= 0.3 is 0 Å². The highest BCUT2D eigenvalue weighted by Crippen LogP contribution is 2.44. The molecule has 0 aliphatic rings. The Morgan fingerprint density at radius 3 is 1.46 bits per heavy atom. The minimum Gasteiger partial charge on any atom is -0.143 e. The van der Waals surface area contributed by atoms with E-state index in [2.05, 4.69) is 61.0 Å². The molecule has 0 bridgehead atoms. The van der Waals surface area contributed by atoms with Crippen molar-refractivity contribution in [2.24, 2.45) is 0 Å². The SMILES string of the molecule is Cc1ccsc1-c1cc2c(ccc3sc(-c4sccc4C)cc32)s1. The quantitative estimate of drug-likeness (QED) is 0.289. The van der Waals surface area contributed by atoms with Crippen molar-refractivity contribution in [1.29, 1.82) is 0 Å². The van der Waals surface area contributed by atoms with Crippen molar-refractivity contribution in [3.8, 4) is 19.5 Å². The molecule has 4 heteroatoms. The predicted octanol–water partition coefficient (Wildman–Crippen LogP) is 8.19. The third-order valence-electron chi connectivity index (χ3n) is 4.37. The van der Waals surface area contributed by atoms with Crippen molar-refractivity contribution in [1.82, 2.24) is 0 Å². The largest absolute Gasteiger partial charge is 0.143 e. The fourth-order valence-electron chi connectivity index (χ4n) is 3.10. The van der Waals surface area contributed by atoms with Gasteiger partial charge in [0.2, 0.25) is 0 Å². The molecule has 1 aromatic carbocycles. The van der Waals surface area contributed by atoms with Crippen LogP contribution >= 0.6 is 45.3 Å². The first-order valence-corrected chi connectivity index (χ1v) is 11.1. The van der Waals surface area contributed by atoms with Gasteiger partial charge in [0.05, 0.1) is 0 Å². The fraction of sp³-hybridized carbons (Fsp3) is 0.100. The molecule has 4 aromatic heterocycles. The van der Waals surface area contributed by atoms with Gasteiger partial charge in [-0.15, -0.1) is 45.3 Å². The van der Waals surface area contributed by atoms with Crippen LogP contribution in [0.4, 0.5) is 0 Å².